The minimum absolute atomic E-state index is 0.0641. The van der Waals surface area contributed by atoms with Gasteiger partial charge in [0.15, 0.2) is 0 Å². The standard InChI is InChI=1S/C17H19NO2S/c19-15(20)11-14-16(12-7-3-1-4-8-12)18-17(21-14)13-9-5-2-6-10-13/h1,3-4,7-8,13H,2,5-6,9-11H2,(H,19,20). The number of thiazole rings is 1. The van der Waals surface area contributed by atoms with Gasteiger partial charge in [-0.3, -0.25) is 4.79 Å². The maximum absolute atomic E-state index is 11.1. The second-order valence-corrected chi connectivity index (χ2v) is 6.71. The molecule has 1 N–H and O–H groups in total. The van der Waals surface area contributed by atoms with Crippen LogP contribution in [0.5, 0.6) is 0 Å². The van der Waals surface area contributed by atoms with Crippen molar-refractivity contribution in [2.45, 2.75) is 44.4 Å². The Morgan fingerprint density at radius 3 is 2.57 bits per heavy atom. The molecule has 1 saturated carbocycles. The van der Waals surface area contributed by atoms with Gasteiger partial charge in [-0.05, 0) is 12.8 Å². The van der Waals surface area contributed by atoms with E-state index in [1.807, 2.05) is 30.3 Å². The van der Waals surface area contributed by atoms with Crippen molar-refractivity contribution in [1.29, 1.82) is 0 Å². The average molecular weight is 301 g/mol. The number of hydrogen-bond acceptors (Lipinski definition) is 3. The third kappa shape index (κ3) is 3.32. The molecule has 0 atom stereocenters. The quantitative estimate of drug-likeness (QED) is 0.905. The first-order valence-electron chi connectivity index (χ1n) is 7.51. The van der Waals surface area contributed by atoms with Crippen LogP contribution in [0.25, 0.3) is 11.3 Å². The van der Waals surface area contributed by atoms with Gasteiger partial charge in [0.1, 0.15) is 0 Å². The second kappa shape index (κ2) is 6.39. The molecule has 2 aromatic rings. The third-order valence-corrected chi connectivity index (χ3v) is 5.25. The van der Waals surface area contributed by atoms with Crippen molar-refractivity contribution < 1.29 is 9.90 Å². The Balaban J connectivity index is 1.96. The number of aromatic nitrogens is 1. The number of carbonyl (C=O) groups is 1. The van der Waals surface area contributed by atoms with E-state index in [0.29, 0.717) is 5.92 Å². The van der Waals surface area contributed by atoms with Crippen LogP contribution in [0.3, 0.4) is 0 Å². The fourth-order valence-corrected chi connectivity index (χ4v) is 4.22. The largest absolute Gasteiger partial charge is 0.481 e. The van der Waals surface area contributed by atoms with E-state index in [2.05, 4.69) is 0 Å². The molecule has 0 spiro atoms. The van der Waals surface area contributed by atoms with Gasteiger partial charge in [-0.15, -0.1) is 11.3 Å². The molecule has 1 aromatic heterocycles. The van der Waals surface area contributed by atoms with Gasteiger partial charge < -0.3 is 5.11 Å². The number of benzene rings is 1. The lowest BCUT2D eigenvalue weighted by Crippen LogP contribution is -2.03. The van der Waals surface area contributed by atoms with Crippen LogP contribution >= 0.6 is 11.3 Å². The summed E-state index contributed by atoms with van der Waals surface area (Å²) in [5, 5.41) is 10.3. The fraction of sp³-hybridized carbons (Fsp3) is 0.412. The van der Waals surface area contributed by atoms with E-state index in [-0.39, 0.29) is 6.42 Å². The minimum atomic E-state index is -0.786. The Morgan fingerprint density at radius 1 is 1.19 bits per heavy atom. The predicted octanol–water partition coefficient (Wildman–Crippen LogP) is 4.48. The first-order valence-corrected chi connectivity index (χ1v) is 8.32. The number of rotatable bonds is 4. The maximum atomic E-state index is 11.1. The van der Waals surface area contributed by atoms with E-state index in [4.69, 9.17) is 10.1 Å². The van der Waals surface area contributed by atoms with Gasteiger partial charge in [-0.25, -0.2) is 4.98 Å². The minimum Gasteiger partial charge on any atom is -0.481 e. The summed E-state index contributed by atoms with van der Waals surface area (Å²) in [7, 11) is 0. The number of aliphatic carboxylic acids is 1. The zero-order valence-corrected chi connectivity index (χ0v) is 12.7. The lowest BCUT2D eigenvalue weighted by Gasteiger charge is -2.18. The van der Waals surface area contributed by atoms with E-state index < -0.39 is 5.97 Å². The topological polar surface area (TPSA) is 50.2 Å². The molecule has 0 saturated heterocycles. The van der Waals surface area contributed by atoms with Gasteiger partial charge in [0, 0.05) is 16.4 Å². The van der Waals surface area contributed by atoms with E-state index in [1.165, 1.54) is 32.1 Å². The molecule has 110 valence electrons. The van der Waals surface area contributed by atoms with Crippen molar-refractivity contribution in [2.75, 3.05) is 0 Å². The molecule has 0 unspecified atom stereocenters. The van der Waals surface area contributed by atoms with E-state index in [0.717, 1.165) is 21.1 Å². The van der Waals surface area contributed by atoms with Gasteiger partial charge in [0.05, 0.1) is 17.1 Å². The molecule has 0 bridgehead atoms. The average Bonchev–Trinajstić information content (AvgIpc) is 2.92. The Labute approximate surface area is 128 Å². The van der Waals surface area contributed by atoms with Crippen LogP contribution in [0.2, 0.25) is 0 Å². The number of carboxylic acids is 1. The Morgan fingerprint density at radius 2 is 1.90 bits per heavy atom. The zero-order chi connectivity index (χ0) is 14.7. The monoisotopic (exact) mass is 301 g/mol. The zero-order valence-electron chi connectivity index (χ0n) is 11.9. The second-order valence-electron chi connectivity index (χ2n) is 5.60. The molecule has 1 heterocycles. The molecule has 3 nitrogen and oxygen atoms in total. The summed E-state index contributed by atoms with van der Waals surface area (Å²) in [6.07, 6.45) is 6.28. The normalized spacial score (nSPS) is 16.0. The highest BCUT2D eigenvalue weighted by atomic mass is 32.1. The van der Waals surface area contributed by atoms with Gasteiger partial charge >= 0.3 is 5.97 Å². The highest BCUT2D eigenvalue weighted by molar-refractivity contribution is 7.12. The first-order chi connectivity index (χ1) is 10.2. The number of hydrogen-bond donors (Lipinski definition) is 1. The molecule has 3 rings (SSSR count). The molecule has 1 fully saturated rings. The van der Waals surface area contributed by atoms with Crippen molar-refractivity contribution in [3.63, 3.8) is 0 Å². The fourth-order valence-electron chi connectivity index (χ4n) is 2.97. The molecule has 0 amide bonds. The van der Waals surface area contributed by atoms with Gasteiger partial charge in [-0.1, -0.05) is 49.6 Å². The lowest BCUT2D eigenvalue weighted by atomic mass is 9.90. The van der Waals surface area contributed by atoms with E-state index >= 15 is 0 Å². The molecule has 0 aliphatic heterocycles. The van der Waals surface area contributed by atoms with Crippen molar-refractivity contribution in [2.24, 2.45) is 0 Å². The number of nitrogens with zero attached hydrogens (tertiary/aromatic N) is 1. The first kappa shape index (κ1) is 14.3. The summed E-state index contributed by atoms with van der Waals surface area (Å²) in [6.45, 7) is 0. The molecule has 1 aliphatic rings. The summed E-state index contributed by atoms with van der Waals surface area (Å²) >= 11 is 1.60. The third-order valence-electron chi connectivity index (χ3n) is 4.03. The highest BCUT2D eigenvalue weighted by Gasteiger charge is 2.22. The molecule has 4 heteroatoms. The van der Waals surface area contributed by atoms with Gasteiger partial charge in [0.2, 0.25) is 0 Å². The van der Waals surface area contributed by atoms with E-state index in [9.17, 15) is 4.79 Å². The Kier molecular flexibility index (Phi) is 4.34. The van der Waals surface area contributed by atoms with Crippen LogP contribution < -0.4 is 0 Å². The highest BCUT2D eigenvalue weighted by Crippen LogP contribution is 2.38. The summed E-state index contributed by atoms with van der Waals surface area (Å²) in [4.78, 5) is 16.8. The van der Waals surface area contributed by atoms with E-state index in [1.54, 1.807) is 11.3 Å². The van der Waals surface area contributed by atoms with Crippen LogP contribution in [0, 0.1) is 0 Å². The smallest absolute Gasteiger partial charge is 0.308 e. The molecular formula is C17H19NO2S. The van der Waals surface area contributed by atoms with Gasteiger partial charge in [-0.2, -0.15) is 0 Å². The summed E-state index contributed by atoms with van der Waals surface area (Å²) in [5.41, 5.74) is 1.88. The summed E-state index contributed by atoms with van der Waals surface area (Å²) < 4.78 is 0. The van der Waals surface area contributed by atoms with Crippen LogP contribution in [-0.4, -0.2) is 16.1 Å². The SMILES string of the molecule is O=C(O)Cc1sc(C2CCCCC2)nc1-c1ccccc1. The number of carboxylic acid groups (broad SMARTS) is 1. The maximum Gasteiger partial charge on any atom is 0.308 e. The molecule has 21 heavy (non-hydrogen) atoms. The summed E-state index contributed by atoms with van der Waals surface area (Å²) in [6, 6.07) is 9.92. The van der Waals surface area contributed by atoms with Crippen LogP contribution in [0.4, 0.5) is 0 Å². The van der Waals surface area contributed by atoms with Crippen molar-refractivity contribution in [3.8, 4) is 11.3 Å². The molecule has 1 aromatic carbocycles. The Hall–Kier alpha value is -1.68. The van der Waals surface area contributed by atoms with Crippen molar-refractivity contribution in [3.05, 3.63) is 40.2 Å². The lowest BCUT2D eigenvalue weighted by molar-refractivity contribution is -0.136. The van der Waals surface area contributed by atoms with Gasteiger partial charge in [0.25, 0.3) is 0 Å². The van der Waals surface area contributed by atoms with Crippen LogP contribution in [-0.2, 0) is 11.2 Å². The molecule has 0 radical (unpaired) electrons. The van der Waals surface area contributed by atoms with Crippen molar-refractivity contribution >= 4 is 17.3 Å². The summed E-state index contributed by atoms with van der Waals surface area (Å²) in [5.74, 6) is -0.264. The predicted molar refractivity (Wildman–Crippen MR) is 84.7 cm³/mol. The van der Waals surface area contributed by atoms with Crippen LogP contribution in [0.15, 0.2) is 30.3 Å². The van der Waals surface area contributed by atoms with Crippen LogP contribution in [0.1, 0.15) is 47.9 Å². The molecular weight excluding hydrogens is 282 g/mol. The molecule has 1 aliphatic carbocycles. The van der Waals surface area contributed by atoms with Crippen molar-refractivity contribution in [1.82, 2.24) is 4.98 Å². The Bertz CT molecular complexity index is 615.